The maximum absolute atomic E-state index is 12.3. The number of carbonyl (C=O) groups excluding carboxylic acids is 1. The lowest BCUT2D eigenvalue weighted by molar-refractivity contribution is -0.111. The van der Waals surface area contributed by atoms with E-state index in [9.17, 15) is 9.18 Å². The molecule has 3 heteroatoms. The van der Waals surface area contributed by atoms with Crippen molar-refractivity contribution < 1.29 is 9.18 Å². The lowest BCUT2D eigenvalue weighted by Crippen LogP contribution is -1.84. The monoisotopic (exact) mass is 176 g/mol. The minimum absolute atomic E-state index is 0.294. The van der Waals surface area contributed by atoms with E-state index < -0.39 is 0 Å². The van der Waals surface area contributed by atoms with Gasteiger partial charge in [-0.3, -0.25) is 4.79 Å². The van der Waals surface area contributed by atoms with Crippen molar-refractivity contribution in [1.82, 2.24) is 0 Å². The van der Waals surface area contributed by atoms with Gasteiger partial charge in [-0.05, 0) is 36.6 Å². The van der Waals surface area contributed by atoms with Gasteiger partial charge in [-0.1, -0.05) is 6.58 Å². The van der Waals surface area contributed by atoms with Crippen LogP contribution in [0.2, 0.25) is 0 Å². The Morgan fingerprint density at radius 1 is 1.64 bits per heavy atom. The summed E-state index contributed by atoms with van der Waals surface area (Å²) in [7, 11) is 0. The second-order valence-electron chi connectivity index (χ2n) is 2.04. The summed E-state index contributed by atoms with van der Waals surface area (Å²) in [6, 6.07) is 0. The summed E-state index contributed by atoms with van der Waals surface area (Å²) < 4.78 is 12.3. The Balaban J connectivity index is 3.41. The van der Waals surface area contributed by atoms with E-state index in [2.05, 4.69) is 6.58 Å². The van der Waals surface area contributed by atoms with Gasteiger partial charge in [0.1, 0.15) is 5.83 Å². The Labute approximate surface area is 70.5 Å². The third-order valence-electron chi connectivity index (χ3n) is 1.11. The third kappa shape index (κ3) is 7.26. The summed E-state index contributed by atoms with van der Waals surface area (Å²) in [5, 5.41) is -0.377. The summed E-state index contributed by atoms with van der Waals surface area (Å²) in [6.07, 6.45) is 3.91. The molecule has 1 nitrogen and oxygen atoms in total. The smallest absolute Gasteiger partial charge is 0.221 e. The molecule has 0 saturated carbocycles. The minimum Gasteiger partial charge on any atom is -0.281 e. The van der Waals surface area contributed by atoms with Gasteiger partial charge in [-0.2, -0.15) is 0 Å². The van der Waals surface area contributed by atoms with Gasteiger partial charge in [0.25, 0.3) is 0 Å². The predicted molar refractivity (Wildman–Crippen MR) is 44.1 cm³/mol. The van der Waals surface area contributed by atoms with Crippen LogP contribution in [0.3, 0.4) is 0 Å². The number of hydrogen-bond acceptors (Lipinski definition) is 1. The maximum Gasteiger partial charge on any atom is 0.221 e. The van der Waals surface area contributed by atoms with Gasteiger partial charge in [-0.25, -0.2) is 4.39 Å². The summed E-state index contributed by atoms with van der Waals surface area (Å²) in [5.74, 6) is -0.355. The van der Waals surface area contributed by atoms with Crippen molar-refractivity contribution in [3.05, 3.63) is 24.6 Å². The van der Waals surface area contributed by atoms with Crippen LogP contribution in [0, 0.1) is 0 Å². The Hall–Kier alpha value is -0.630. The van der Waals surface area contributed by atoms with E-state index in [1.807, 2.05) is 0 Å². The van der Waals surface area contributed by atoms with Crippen molar-refractivity contribution in [1.29, 1.82) is 0 Å². The SMILES string of the molecule is C=C/C(F)=C\CCCC(=O)Cl. The van der Waals surface area contributed by atoms with Gasteiger partial charge in [0.2, 0.25) is 5.24 Å². The third-order valence-corrected chi connectivity index (χ3v) is 1.30. The Morgan fingerprint density at radius 3 is 2.73 bits per heavy atom. The molecule has 11 heavy (non-hydrogen) atoms. The zero-order chi connectivity index (χ0) is 8.69. The molecule has 0 radical (unpaired) electrons. The largest absolute Gasteiger partial charge is 0.281 e. The molecule has 0 amide bonds. The number of allylic oxidation sites excluding steroid dienone is 3. The Kier molecular flexibility index (Phi) is 5.75. The summed E-state index contributed by atoms with van der Waals surface area (Å²) >= 11 is 5.05. The van der Waals surface area contributed by atoms with E-state index in [1.165, 1.54) is 6.08 Å². The van der Waals surface area contributed by atoms with Gasteiger partial charge in [0.05, 0.1) is 0 Å². The quantitative estimate of drug-likeness (QED) is 0.358. The molecule has 0 unspecified atom stereocenters. The molecule has 0 saturated heterocycles. The lowest BCUT2D eigenvalue weighted by Gasteiger charge is -1.89. The van der Waals surface area contributed by atoms with Crippen molar-refractivity contribution >= 4 is 16.8 Å². The highest BCUT2D eigenvalue weighted by Gasteiger charge is 1.93. The molecule has 0 fully saturated rings. The molecule has 0 aromatic heterocycles. The van der Waals surface area contributed by atoms with E-state index >= 15 is 0 Å². The highest BCUT2D eigenvalue weighted by Crippen LogP contribution is 2.04. The summed E-state index contributed by atoms with van der Waals surface area (Å²) in [6.45, 7) is 3.24. The van der Waals surface area contributed by atoms with Gasteiger partial charge >= 0.3 is 0 Å². The molecular weight excluding hydrogens is 167 g/mol. The average Bonchev–Trinajstić information content (AvgIpc) is 1.97. The predicted octanol–water partition coefficient (Wildman–Crippen LogP) is 2.96. The molecule has 0 atom stereocenters. The van der Waals surface area contributed by atoms with Crippen LogP contribution in [-0.2, 0) is 4.79 Å². The van der Waals surface area contributed by atoms with Crippen LogP contribution in [-0.4, -0.2) is 5.24 Å². The summed E-state index contributed by atoms with van der Waals surface area (Å²) in [4.78, 5) is 10.2. The van der Waals surface area contributed by atoms with Crippen LogP contribution in [0.15, 0.2) is 24.6 Å². The second-order valence-corrected chi connectivity index (χ2v) is 2.46. The number of halogens is 2. The molecule has 0 aromatic carbocycles. The van der Waals surface area contributed by atoms with Gasteiger partial charge in [0, 0.05) is 6.42 Å². The normalized spacial score (nSPS) is 11.3. The fourth-order valence-corrected chi connectivity index (χ4v) is 0.698. The van der Waals surface area contributed by atoms with Crippen molar-refractivity contribution in [3.63, 3.8) is 0 Å². The average molecular weight is 177 g/mol. The fourth-order valence-electron chi connectivity index (χ4n) is 0.564. The maximum atomic E-state index is 12.3. The molecule has 0 aliphatic heterocycles. The lowest BCUT2D eigenvalue weighted by atomic mass is 10.2. The van der Waals surface area contributed by atoms with Crippen LogP contribution in [0.25, 0.3) is 0 Å². The molecule has 0 heterocycles. The van der Waals surface area contributed by atoms with Crippen LogP contribution >= 0.6 is 11.6 Å². The van der Waals surface area contributed by atoms with Gasteiger partial charge < -0.3 is 0 Å². The minimum atomic E-state index is -0.377. The van der Waals surface area contributed by atoms with Crippen LogP contribution < -0.4 is 0 Å². The first kappa shape index (κ1) is 10.4. The number of carbonyl (C=O) groups is 1. The molecule has 0 bridgehead atoms. The molecule has 0 spiro atoms. The van der Waals surface area contributed by atoms with Crippen molar-refractivity contribution in [2.75, 3.05) is 0 Å². The van der Waals surface area contributed by atoms with E-state index in [0.29, 0.717) is 19.3 Å². The standard InChI is InChI=1S/C8H10ClFO/c1-2-7(10)5-3-4-6-8(9)11/h2,5H,1,3-4,6H2/b7-5+. The molecular formula is C8H10ClFO. The van der Waals surface area contributed by atoms with Crippen molar-refractivity contribution in [2.45, 2.75) is 19.3 Å². The van der Waals surface area contributed by atoms with E-state index in [0.717, 1.165) is 6.08 Å². The van der Waals surface area contributed by atoms with Gasteiger partial charge in [-0.15, -0.1) is 0 Å². The first-order valence-electron chi connectivity index (χ1n) is 3.33. The molecule has 0 rings (SSSR count). The van der Waals surface area contributed by atoms with Crippen LogP contribution in [0.5, 0.6) is 0 Å². The van der Waals surface area contributed by atoms with Crippen LogP contribution in [0.1, 0.15) is 19.3 Å². The molecule has 62 valence electrons. The Bertz CT molecular complexity index is 175. The topological polar surface area (TPSA) is 17.1 Å². The first-order chi connectivity index (χ1) is 5.16. The fraction of sp³-hybridized carbons (Fsp3) is 0.375. The highest BCUT2D eigenvalue weighted by atomic mass is 35.5. The summed E-state index contributed by atoms with van der Waals surface area (Å²) in [5.41, 5.74) is 0. The molecule has 0 aromatic rings. The second kappa shape index (κ2) is 6.10. The first-order valence-corrected chi connectivity index (χ1v) is 3.71. The van der Waals surface area contributed by atoms with Crippen LogP contribution in [0.4, 0.5) is 4.39 Å². The highest BCUT2D eigenvalue weighted by molar-refractivity contribution is 6.63. The molecule has 0 N–H and O–H groups in total. The number of rotatable bonds is 5. The molecule has 0 aliphatic carbocycles. The van der Waals surface area contributed by atoms with Crippen molar-refractivity contribution in [3.8, 4) is 0 Å². The van der Waals surface area contributed by atoms with E-state index in [1.54, 1.807) is 0 Å². The van der Waals surface area contributed by atoms with Crippen molar-refractivity contribution in [2.24, 2.45) is 0 Å². The van der Waals surface area contributed by atoms with E-state index in [-0.39, 0.29) is 11.1 Å². The number of hydrogen-bond donors (Lipinski definition) is 0. The zero-order valence-corrected chi connectivity index (χ0v) is 6.90. The number of unbranched alkanes of at least 4 members (excludes halogenated alkanes) is 1. The van der Waals surface area contributed by atoms with E-state index in [4.69, 9.17) is 11.6 Å². The molecule has 0 aliphatic rings. The Morgan fingerprint density at radius 2 is 2.27 bits per heavy atom. The zero-order valence-electron chi connectivity index (χ0n) is 6.15. The van der Waals surface area contributed by atoms with Gasteiger partial charge in [0.15, 0.2) is 0 Å².